The molecule has 0 saturated heterocycles. The summed E-state index contributed by atoms with van der Waals surface area (Å²) in [6.07, 6.45) is -0.653. The van der Waals surface area contributed by atoms with Crippen LogP contribution >= 0.6 is 0 Å². The van der Waals surface area contributed by atoms with Crippen molar-refractivity contribution in [1.82, 2.24) is 4.90 Å². The van der Waals surface area contributed by atoms with Crippen LogP contribution in [-0.4, -0.2) is 29.6 Å². The number of carbonyl (C=O) groups is 2. The zero-order valence-electron chi connectivity index (χ0n) is 17.8. The first-order valence-corrected chi connectivity index (χ1v) is 10.5. The van der Waals surface area contributed by atoms with Crippen molar-refractivity contribution in [2.24, 2.45) is 0 Å². The second kappa shape index (κ2) is 8.46. The number of amides is 2. The van der Waals surface area contributed by atoms with Gasteiger partial charge in [-0.15, -0.1) is 0 Å². The van der Waals surface area contributed by atoms with Gasteiger partial charge >= 0.3 is 0 Å². The minimum Gasteiger partial charge on any atom is -0.481 e. The lowest BCUT2D eigenvalue weighted by atomic mass is 10.1. The van der Waals surface area contributed by atoms with Gasteiger partial charge in [-0.2, -0.15) is 0 Å². The Morgan fingerprint density at radius 3 is 2.61 bits per heavy atom. The Labute approximate surface area is 189 Å². The predicted molar refractivity (Wildman–Crippen MR) is 118 cm³/mol. The summed E-state index contributed by atoms with van der Waals surface area (Å²) in [6, 6.07) is 16.2. The van der Waals surface area contributed by atoms with Crippen molar-refractivity contribution in [3.05, 3.63) is 83.2 Å². The van der Waals surface area contributed by atoms with Gasteiger partial charge in [0, 0.05) is 29.9 Å². The van der Waals surface area contributed by atoms with Crippen LogP contribution in [-0.2, 0) is 17.9 Å². The first-order chi connectivity index (χ1) is 16.0. The second-order valence-electron chi connectivity index (χ2n) is 7.93. The third-order valence-corrected chi connectivity index (χ3v) is 5.56. The molecule has 7 nitrogen and oxygen atoms in total. The molecule has 2 aliphatic heterocycles. The number of hydrogen-bond donors (Lipinski definition) is 1. The number of anilines is 1. The van der Waals surface area contributed by atoms with E-state index in [-0.39, 0.29) is 18.6 Å². The zero-order chi connectivity index (χ0) is 22.9. The quantitative estimate of drug-likeness (QED) is 0.650. The minimum atomic E-state index is -0.653. The number of nitrogens with zero attached hydrogens (tertiary/aromatic N) is 1. The zero-order valence-corrected chi connectivity index (χ0v) is 17.8. The number of nitrogens with one attached hydrogen (secondary N) is 1. The van der Waals surface area contributed by atoms with Crippen molar-refractivity contribution >= 4 is 17.5 Å². The highest BCUT2D eigenvalue weighted by molar-refractivity contribution is 6.04. The summed E-state index contributed by atoms with van der Waals surface area (Å²) in [5, 5.41) is 2.81. The monoisotopic (exact) mass is 448 g/mol. The average Bonchev–Trinajstić information content (AvgIpc) is 3.24. The van der Waals surface area contributed by atoms with E-state index in [9.17, 15) is 14.0 Å². The molecule has 3 aromatic rings. The standard InChI is InChI=1S/C25H21FN2O5/c1-15-25(30)28(12-16-2-8-22-23(10-16)32-14-31-22)13-18-11-20(7-9-21(18)33-15)27-24(29)17-3-5-19(26)6-4-17/h2-11,15H,12-14H2,1H3,(H,27,29). The maximum Gasteiger partial charge on any atom is 0.263 e. The van der Waals surface area contributed by atoms with Crippen LogP contribution in [0.25, 0.3) is 0 Å². The van der Waals surface area contributed by atoms with Gasteiger partial charge in [0.1, 0.15) is 11.6 Å². The van der Waals surface area contributed by atoms with Gasteiger partial charge in [0.05, 0.1) is 0 Å². The molecule has 0 fully saturated rings. The number of fused-ring (bicyclic) bond motifs is 2. The van der Waals surface area contributed by atoms with E-state index in [4.69, 9.17) is 14.2 Å². The van der Waals surface area contributed by atoms with Gasteiger partial charge in [-0.3, -0.25) is 9.59 Å². The lowest BCUT2D eigenvalue weighted by Crippen LogP contribution is -2.37. The van der Waals surface area contributed by atoms with Crippen LogP contribution in [0.1, 0.15) is 28.4 Å². The summed E-state index contributed by atoms with van der Waals surface area (Å²) >= 11 is 0. The van der Waals surface area contributed by atoms with Crippen LogP contribution in [0.15, 0.2) is 60.7 Å². The van der Waals surface area contributed by atoms with Crippen molar-refractivity contribution in [1.29, 1.82) is 0 Å². The van der Waals surface area contributed by atoms with Crippen LogP contribution in [0.4, 0.5) is 10.1 Å². The van der Waals surface area contributed by atoms with E-state index >= 15 is 0 Å². The van der Waals surface area contributed by atoms with E-state index in [1.54, 1.807) is 30.0 Å². The fourth-order valence-corrected chi connectivity index (χ4v) is 3.88. The Kier molecular flexibility index (Phi) is 5.34. The predicted octanol–water partition coefficient (Wildman–Crippen LogP) is 4.12. The first kappa shape index (κ1) is 20.8. The molecule has 5 rings (SSSR count). The van der Waals surface area contributed by atoms with Crippen LogP contribution in [0, 0.1) is 5.82 Å². The molecule has 1 N–H and O–H groups in total. The van der Waals surface area contributed by atoms with E-state index in [2.05, 4.69) is 5.32 Å². The van der Waals surface area contributed by atoms with Gasteiger partial charge in [0.15, 0.2) is 17.6 Å². The maximum atomic E-state index is 13.1. The highest BCUT2D eigenvalue weighted by atomic mass is 19.1. The fourth-order valence-electron chi connectivity index (χ4n) is 3.88. The molecule has 168 valence electrons. The third kappa shape index (κ3) is 4.32. The first-order valence-electron chi connectivity index (χ1n) is 10.5. The molecule has 8 heteroatoms. The Morgan fingerprint density at radius 2 is 1.79 bits per heavy atom. The summed E-state index contributed by atoms with van der Waals surface area (Å²) in [6.45, 7) is 2.59. The largest absolute Gasteiger partial charge is 0.481 e. The molecule has 1 unspecified atom stereocenters. The van der Waals surface area contributed by atoms with Gasteiger partial charge in [0.25, 0.3) is 11.8 Å². The van der Waals surface area contributed by atoms with Crippen molar-refractivity contribution < 1.29 is 28.2 Å². The van der Waals surface area contributed by atoms with Crippen LogP contribution in [0.5, 0.6) is 17.2 Å². The molecule has 2 aliphatic rings. The van der Waals surface area contributed by atoms with Crippen molar-refractivity contribution in [3.63, 3.8) is 0 Å². The molecule has 0 saturated carbocycles. The summed E-state index contributed by atoms with van der Waals surface area (Å²) in [5.74, 6) is 1.03. The summed E-state index contributed by atoms with van der Waals surface area (Å²) in [7, 11) is 0. The molecular weight excluding hydrogens is 427 g/mol. The average molecular weight is 448 g/mol. The normalized spacial score (nSPS) is 16.6. The van der Waals surface area contributed by atoms with Crippen molar-refractivity contribution in [2.45, 2.75) is 26.1 Å². The number of benzene rings is 3. The Balaban J connectivity index is 1.37. The maximum absolute atomic E-state index is 13.1. The van der Waals surface area contributed by atoms with Crippen LogP contribution < -0.4 is 19.5 Å². The van der Waals surface area contributed by atoms with E-state index in [0.717, 1.165) is 11.1 Å². The molecule has 0 bridgehead atoms. The van der Waals surface area contributed by atoms with Gasteiger partial charge in [-0.1, -0.05) is 6.07 Å². The number of carbonyl (C=O) groups excluding carboxylic acids is 2. The molecular formula is C25H21FN2O5. The SMILES string of the molecule is CC1Oc2ccc(NC(=O)c3ccc(F)cc3)cc2CN(Cc2ccc3c(c2)OCO3)C1=O. The van der Waals surface area contributed by atoms with Gasteiger partial charge < -0.3 is 24.4 Å². The molecule has 0 radical (unpaired) electrons. The Morgan fingerprint density at radius 1 is 1.03 bits per heavy atom. The summed E-state index contributed by atoms with van der Waals surface area (Å²) < 4.78 is 29.8. The summed E-state index contributed by atoms with van der Waals surface area (Å²) in [4.78, 5) is 27.2. The molecule has 0 spiro atoms. The Hall–Kier alpha value is -4.07. The molecule has 33 heavy (non-hydrogen) atoms. The second-order valence-corrected chi connectivity index (χ2v) is 7.93. The Bertz CT molecular complexity index is 1230. The molecule has 2 heterocycles. The number of halogens is 1. The molecule has 1 atom stereocenters. The molecule has 0 aliphatic carbocycles. The molecule has 0 aromatic heterocycles. The third-order valence-electron chi connectivity index (χ3n) is 5.56. The topological polar surface area (TPSA) is 77.1 Å². The van der Waals surface area contributed by atoms with Gasteiger partial charge in [0.2, 0.25) is 6.79 Å². The van der Waals surface area contributed by atoms with E-state index < -0.39 is 11.9 Å². The van der Waals surface area contributed by atoms with E-state index in [0.29, 0.717) is 41.6 Å². The highest BCUT2D eigenvalue weighted by Gasteiger charge is 2.28. The van der Waals surface area contributed by atoms with E-state index in [1.165, 1.54) is 24.3 Å². The van der Waals surface area contributed by atoms with Gasteiger partial charge in [-0.05, 0) is 67.1 Å². The van der Waals surface area contributed by atoms with Crippen molar-refractivity contribution in [3.8, 4) is 17.2 Å². The van der Waals surface area contributed by atoms with Crippen LogP contribution in [0.2, 0.25) is 0 Å². The number of rotatable bonds is 4. The molecule has 2 amide bonds. The lowest BCUT2D eigenvalue weighted by Gasteiger charge is -2.22. The highest BCUT2D eigenvalue weighted by Crippen LogP contribution is 2.34. The van der Waals surface area contributed by atoms with Gasteiger partial charge in [-0.25, -0.2) is 4.39 Å². The van der Waals surface area contributed by atoms with Crippen LogP contribution in [0.3, 0.4) is 0 Å². The fraction of sp³-hybridized carbons (Fsp3) is 0.200. The molecule has 3 aromatic carbocycles. The summed E-state index contributed by atoms with van der Waals surface area (Å²) in [5.41, 5.74) is 2.57. The van der Waals surface area contributed by atoms with Crippen molar-refractivity contribution in [2.75, 3.05) is 12.1 Å². The van der Waals surface area contributed by atoms with E-state index in [1.807, 2.05) is 18.2 Å². The lowest BCUT2D eigenvalue weighted by molar-refractivity contribution is -0.138. The number of ether oxygens (including phenoxy) is 3. The minimum absolute atomic E-state index is 0.138. The number of hydrogen-bond acceptors (Lipinski definition) is 5. The smallest absolute Gasteiger partial charge is 0.263 e.